The van der Waals surface area contributed by atoms with Crippen LogP contribution in [0.4, 0.5) is 11.4 Å². The summed E-state index contributed by atoms with van der Waals surface area (Å²) in [7, 11) is 0. The summed E-state index contributed by atoms with van der Waals surface area (Å²) in [6, 6.07) is 17.6. The molecule has 5 nitrogen and oxygen atoms in total. The van der Waals surface area contributed by atoms with Crippen LogP contribution in [-0.2, 0) is 10.8 Å². The molecule has 0 unspecified atom stereocenters. The third-order valence-corrected chi connectivity index (χ3v) is 7.80. The van der Waals surface area contributed by atoms with Crippen LogP contribution in [0.3, 0.4) is 0 Å². The lowest BCUT2D eigenvalue weighted by Crippen LogP contribution is -2.28. The summed E-state index contributed by atoms with van der Waals surface area (Å²) in [5, 5.41) is 3.71. The Bertz CT molecular complexity index is 1240. The largest absolute Gasteiger partial charge is 0.344 e. The van der Waals surface area contributed by atoms with E-state index in [4.69, 9.17) is 5.53 Å². The normalized spacial score (nSPS) is 18.6. The Morgan fingerprint density at radius 2 is 1.67 bits per heavy atom. The van der Waals surface area contributed by atoms with Gasteiger partial charge in [0.25, 0.3) is 0 Å². The van der Waals surface area contributed by atoms with E-state index in [1.807, 2.05) is 0 Å². The molecule has 5 heteroatoms. The van der Waals surface area contributed by atoms with E-state index >= 15 is 0 Å². The zero-order valence-corrected chi connectivity index (χ0v) is 22.5. The lowest BCUT2D eigenvalue weighted by molar-refractivity contribution is -0.438. The van der Waals surface area contributed by atoms with Crippen molar-refractivity contribution in [1.29, 1.82) is 0 Å². The molecule has 2 aliphatic rings. The van der Waals surface area contributed by atoms with Crippen molar-refractivity contribution in [3.8, 4) is 0 Å². The van der Waals surface area contributed by atoms with Crippen LogP contribution in [0.15, 0.2) is 77.6 Å². The molecule has 0 N–H and O–H groups in total. The number of anilines is 1. The highest BCUT2D eigenvalue weighted by Crippen LogP contribution is 2.47. The van der Waals surface area contributed by atoms with Gasteiger partial charge in [0.2, 0.25) is 5.69 Å². The van der Waals surface area contributed by atoms with Gasteiger partial charge in [0.1, 0.15) is 6.54 Å². The van der Waals surface area contributed by atoms with E-state index in [0.717, 1.165) is 25.9 Å². The van der Waals surface area contributed by atoms with Crippen LogP contribution in [0.2, 0.25) is 0 Å². The van der Waals surface area contributed by atoms with Gasteiger partial charge in [0.05, 0.1) is 5.41 Å². The zero-order chi connectivity index (χ0) is 25.8. The molecule has 0 spiro atoms. The quantitative estimate of drug-likeness (QED) is 0.111. The average Bonchev–Trinajstić information content (AvgIpc) is 3.22. The first-order chi connectivity index (χ1) is 17.3. The van der Waals surface area contributed by atoms with Gasteiger partial charge in [-0.2, -0.15) is 4.58 Å². The maximum atomic E-state index is 8.59. The molecule has 36 heavy (non-hydrogen) atoms. The van der Waals surface area contributed by atoms with Crippen LogP contribution < -0.4 is 4.90 Å². The molecule has 4 rings (SSSR count). The molecule has 0 amide bonds. The lowest BCUT2D eigenvalue weighted by atomic mass is 9.81. The number of fused-ring (bicyclic) bond motifs is 2. The molecule has 2 aliphatic heterocycles. The maximum absolute atomic E-state index is 8.59. The SMILES string of the molecule is CCCC[N+]1=C(/C=C/C=C2/N(CCCCN=[N+]=[N-])c3ccccc3C2(C)C)C(C)(C)c2ccccc21. The minimum atomic E-state index is -0.0769. The minimum Gasteiger partial charge on any atom is -0.344 e. The van der Waals surface area contributed by atoms with Crippen molar-refractivity contribution in [3.63, 3.8) is 0 Å². The van der Waals surface area contributed by atoms with Gasteiger partial charge in [-0.25, -0.2) is 0 Å². The topological polar surface area (TPSA) is 55.0 Å². The number of azide groups is 1. The molecule has 2 heterocycles. The van der Waals surface area contributed by atoms with E-state index in [-0.39, 0.29) is 10.8 Å². The second-order valence-corrected chi connectivity index (χ2v) is 10.9. The first-order valence-electron chi connectivity index (χ1n) is 13.3. The fraction of sp³-hybridized carbons (Fsp3) is 0.452. The zero-order valence-electron chi connectivity index (χ0n) is 22.5. The van der Waals surface area contributed by atoms with E-state index in [1.54, 1.807) is 0 Å². The Morgan fingerprint density at radius 3 is 2.42 bits per heavy atom. The first-order valence-corrected chi connectivity index (χ1v) is 13.3. The van der Waals surface area contributed by atoms with Crippen molar-refractivity contribution in [2.24, 2.45) is 5.11 Å². The Hall–Kier alpha value is -3.30. The summed E-state index contributed by atoms with van der Waals surface area (Å²) in [5.74, 6) is 0. The van der Waals surface area contributed by atoms with Crippen molar-refractivity contribution in [2.75, 3.05) is 24.5 Å². The molecule has 0 bridgehead atoms. The van der Waals surface area contributed by atoms with Crippen molar-refractivity contribution in [1.82, 2.24) is 0 Å². The molecule has 0 saturated carbocycles. The van der Waals surface area contributed by atoms with E-state index in [1.165, 1.54) is 46.8 Å². The van der Waals surface area contributed by atoms with Gasteiger partial charge >= 0.3 is 0 Å². The lowest BCUT2D eigenvalue weighted by Gasteiger charge is -2.27. The van der Waals surface area contributed by atoms with Crippen LogP contribution in [0, 0.1) is 0 Å². The van der Waals surface area contributed by atoms with Gasteiger partial charge in [-0.05, 0) is 49.9 Å². The second-order valence-electron chi connectivity index (χ2n) is 10.9. The number of nitrogens with zero attached hydrogens (tertiary/aromatic N) is 5. The monoisotopic (exact) mass is 482 g/mol. The third kappa shape index (κ3) is 4.73. The summed E-state index contributed by atoms with van der Waals surface area (Å²) in [5.41, 5.74) is 16.6. The van der Waals surface area contributed by atoms with Crippen LogP contribution >= 0.6 is 0 Å². The number of rotatable bonds is 10. The Kier molecular flexibility index (Phi) is 7.70. The van der Waals surface area contributed by atoms with Crippen LogP contribution in [0.25, 0.3) is 10.4 Å². The number of benzene rings is 2. The molecule has 2 aromatic rings. The predicted molar refractivity (Wildman–Crippen MR) is 151 cm³/mol. The number of allylic oxidation sites excluding steroid dienone is 4. The molecule has 0 aliphatic carbocycles. The van der Waals surface area contributed by atoms with Gasteiger partial charge in [-0.1, -0.05) is 74.8 Å². The van der Waals surface area contributed by atoms with Gasteiger partial charge in [-0.15, -0.1) is 0 Å². The Morgan fingerprint density at radius 1 is 0.944 bits per heavy atom. The Labute approximate surface area is 216 Å². The van der Waals surface area contributed by atoms with Gasteiger partial charge in [-0.3, -0.25) is 0 Å². The molecule has 0 radical (unpaired) electrons. The summed E-state index contributed by atoms with van der Waals surface area (Å²) in [6.45, 7) is 14.1. The van der Waals surface area contributed by atoms with Crippen molar-refractivity contribution < 1.29 is 4.58 Å². The van der Waals surface area contributed by atoms with Gasteiger partial charge < -0.3 is 4.90 Å². The third-order valence-electron chi connectivity index (χ3n) is 7.80. The molecule has 0 atom stereocenters. The van der Waals surface area contributed by atoms with Crippen LogP contribution in [0.1, 0.15) is 71.4 Å². The molecule has 0 saturated heterocycles. The van der Waals surface area contributed by atoms with E-state index < -0.39 is 0 Å². The number of hydrogen-bond donors (Lipinski definition) is 0. The molecule has 188 valence electrons. The molecule has 0 fully saturated rings. The molecular weight excluding hydrogens is 442 g/mol. The smallest absolute Gasteiger partial charge is 0.209 e. The highest BCUT2D eigenvalue weighted by atomic mass is 15.2. The van der Waals surface area contributed by atoms with Crippen molar-refractivity contribution >= 4 is 17.1 Å². The van der Waals surface area contributed by atoms with Crippen molar-refractivity contribution in [2.45, 2.75) is 71.1 Å². The van der Waals surface area contributed by atoms with Gasteiger partial charge in [0.15, 0.2) is 5.71 Å². The summed E-state index contributed by atoms with van der Waals surface area (Å²) >= 11 is 0. The summed E-state index contributed by atoms with van der Waals surface area (Å²) in [6.07, 6.45) is 11.1. The van der Waals surface area contributed by atoms with E-state index in [0.29, 0.717) is 6.54 Å². The highest BCUT2D eigenvalue weighted by Gasteiger charge is 2.44. The summed E-state index contributed by atoms with van der Waals surface area (Å²) in [4.78, 5) is 5.36. The molecular formula is C31H40N5+. The molecule has 2 aromatic carbocycles. The van der Waals surface area contributed by atoms with Crippen molar-refractivity contribution in [3.05, 3.63) is 94.0 Å². The fourth-order valence-corrected chi connectivity index (χ4v) is 5.81. The predicted octanol–water partition coefficient (Wildman–Crippen LogP) is 8.19. The average molecular weight is 483 g/mol. The first kappa shape index (κ1) is 25.8. The van der Waals surface area contributed by atoms with E-state index in [2.05, 4.69) is 121 Å². The van der Waals surface area contributed by atoms with Crippen LogP contribution in [0.5, 0.6) is 0 Å². The summed E-state index contributed by atoms with van der Waals surface area (Å²) < 4.78 is 2.52. The minimum absolute atomic E-state index is 0.0333. The second kappa shape index (κ2) is 10.8. The van der Waals surface area contributed by atoms with Crippen LogP contribution in [-0.4, -0.2) is 29.9 Å². The highest BCUT2D eigenvalue weighted by molar-refractivity contribution is 6.03. The number of unbranched alkanes of at least 4 members (excludes halogenated alkanes) is 2. The van der Waals surface area contributed by atoms with E-state index in [9.17, 15) is 0 Å². The number of para-hydroxylation sites is 2. The molecule has 0 aromatic heterocycles. The number of hydrogen-bond acceptors (Lipinski definition) is 2. The van der Waals surface area contributed by atoms with Gasteiger partial charge in [0, 0.05) is 58.9 Å². The maximum Gasteiger partial charge on any atom is 0.209 e. The Balaban J connectivity index is 1.68. The standard InChI is InChI=1S/C31H40N5/c1-6-7-22-35-26-17-10-8-15-24(26)30(2,3)28(35)19-14-20-29-31(4,5)25-16-9-11-18-27(25)36(29)23-13-12-21-33-34-32/h8-11,14-20H,6-7,12-13,21-23H2,1-5H3/q+1. The fourth-order valence-electron chi connectivity index (χ4n) is 5.81.